The molecule has 0 spiro atoms. The van der Waals surface area contributed by atoms with Crippen molar-refractivity contribution in [1.29, 1.82) is 0 Å². The van der Waals surface area contributed by atoms with Crippen LogP contribution in [0.5, 0.6) is 0 Å². The molecule has 0 N–H and O–H groups in total. The van der Waals surface area contributed by atoms with E-state index in [-0.39, 0.29) is 6.71 Å². The van der Waals surface area contributed by atoms with Crippen LogP contribution in [0.4, 0.5) is 0 Å². The Hall–Kier alpha value is -3.57. The number of hydrogen-bond donors (Lipinski definition) is 0. The monoisotopic (exact) mass is 574 g/mol. The van der Waals surface area contributed by atoms with Gasteiger partial charge in [0.25, 0.3) is 0 Å². The van der Waals surface area contributed by atoms with Gasteiger partial charge in [-0.15, -0.1) is 0 Å². The molecule has 0 saturated heterocycles. The average molecular weight is 572 g/mol. The van der Waals surface area contributed by atoms with Crippen molar-refractivity contribution in [3.8, 4) is 22.3 Å². The maximum atomic E-state index is 2.50. The Kier molecular flexibility index (Phi) is 6.73. The van der Waals surface area contributed by atoms with Gasteiger partial charge in [0.05, 0.1) is 0 Å². The second-order valence-electron chi connectivity index (χ2n) is 8.99. The van der Waals surface area contributed by atoms with Crippen LogP contribution in [0.15, 0.2) is 151 Å². The Morgan fingerprint density at radius 2 is 0.667 bits per heavy atom. The van der Waals surface area contributed by atoms with Crippen LogP contribution in [0, 0.1) is 0 Å². The third-order valence-electron chi connectivity index (χ3n) is 6.62. The summed E-state index contributed by atoms with van der Waals surface area (Å²) >= 11 is -0.525. The fraction of sp³-hybridized carbons (Fsp3) is 0. The zero-order valence-electron chi connectivity index (χ0n) is 19.9. The molecule has 0 radical (unpaired) electrons. The first-order valence-electron chi connectivity index (χ1n) is 12.3. The molecule has 0 unspecified atom stereocenters. The van der Waals surface area contributed by atoms with Gasteiger partial charge in [-0.2, -0.15) is 0 Å². The van der Waals surface area contributed by atoms with Crippen molar-refractivity contribution in [3.05, 3.63) is 163 Å². The Bertz CT molecular complexity index is 1400. The molecule has 170 valence electrons. The summed E-state index contributed by atoms with van der Waals surface area (Å²) in [5.41, 5.74) is 9.11. The number of hydrogen-bond acceptors (Lipinski definition) is 0. The van der Waals surface area contributed by atoms with Crippen molar-refractivity contribution in [2.24, 2.45) is 0 Å². The van der Waals surface area contributed by atoms with Crippen LogP contribution in [0.1, 0.15) is 11.1 Å². The quantitative estimate of drug-likeness (QED) is 0.191. The molecule has 0 fully saturated rings. The summed E-state index contributed by atoms with van der Waals surface area (Å²) in [6, 6.07) is 50.4. The van der Waals surface area contributed by atoms with E-state index in [0.717, 1.165) is 0 Å². The van der Waals surface area contributed by atoms with Crippen LogP contribution in [-0.4, -0.2) is 27.6 Å². The van der Waals surface area contributed by atoms with E-state index in [1.165, 1.54) is 46.1 Å². The van der Waals surface area contributed by atoms with E-state index in [1.54, 1.807) is 0 Å². The molecule has 5 aromatic carbocycles. The minimum atomic E-state index is -0.525. The van der Waals surface area contributed by atoms with Crippen LogP contribution in [0.3, 0.4) is 0 Å². The normalized spacial score (nSPS) is 13.2. The van der Waals surface area contributed by atoms with E-state index < -0.39 is 20.9 Å². The molecule has 0 atom stereocenters. The summed E-state index contributed by atoms with van der Waals surface area (Å²) in [5.74, 6) is 4.99. The van der Waals surface area contributed by atoms with Gasteiger partial charge in [0.15, 0.2) is 0 Å². The summed E-state index contributed by atoms with van der Waals surface area (Å²) in [6.07, 6.45) is 0. The van der Waals surface area contributed by atoms with Crippen molar-refractivity contribution in [2.75, 3.05) is 0 Å². The standard InChI is InChI=1S/C34H25BTe/c1-4-10-26(11-5-1)28-16-20-30(21-17-28)33-24-35(32-14-8-3-9-15-32)25-34(36-33)31-22-18-29(19-23-31)27-12-6-2-7-13-27/h1-25H. The molecule has 1 aliphatic rings. The topological polar surface area (TPSA) is 0 Å². The molecule has 0 bridgehead atoms. The molecule has 0 amide bonds. The van der Waals surface area contributed by atoms with Gasteiger partial charge in [0, 0.05) is 0 Å². The predicted molar refractivity (Wildman–Crippen MR) is 157 cm³/mol. The van der Waals surface area contributed by atoms with Crippen molar-refractivity contribution >= 4 is 40.3 Å². The van der Waals surface area contributed by atoms with Gasteiger partial charge in [0.2, 0.25) is 0 Å². The van der Waals surface area contributed by atoms with E-state index in [0.29, 0.717) is 0 Å². The summed E-state index contributed by atoms with van der Waals surface area (Å²) < 4.78 is 3.03. The van der Waals surface area contributed by atoms with E-state index in [1.807, 2.05) is 0 Å². The fourth-order valence-corrected chi connectivity index (χ4v) is 8.00. The summed E-state index contributed by atoms with van der Waals surface area (Å²) in [4.78, 5) is 0. The van der Waals surface area contributed by atoms with Gasteiger partial charge < -0.3 is 0 Å². The van der Waals surface area contributed by atoms with Crippen LogP contribution >= 0.6 is 0 Å². The molecule has 0 aliphatic carbocycles. The van der Waals surface area contributed by atoms with Gasteiger partial charge in [-0.1, -0.05) is 0 Å². The number of rotatable bonds is 5. The molecule has 6 rings (SSSR count). The molecule has 0 nitrogen and oxygen atoms in total. The Labute approximate surface area is 224 Å². The molecular formula is C34H25BTe. The SMILES string of the molecule is C1=C(c2ccc(-c3ccccc3)cc2)[Te]C(c2ccc(-c3ccccc3)cc2)=CB1c1ccccc1. The molecule has 2 heteroatoms. The molecule has 0 saturated carbocycles. The van der Waals surface area contributed by atoms with Crippen molar-refractivity contribution in [2.45, 2.75) is 0 Å². The van der Waals surface area contributed by atoms with E-state index in [2.05, 4.69) is 151 Å². The molecule has 5 aromatic rings. The summed E-state index contributed by atoms with van der Waals surface area (Å²) in [7, 11) is 0. The second-order valence-corrected chi connectivity index (χ2v) is 12.1. The third kappa shape index (κ3) is 5.03. The first kappa shape index (κ1) is 22.9. The fourth-order valence-electron chi connectivity index (χ4n) is 4.65. The van der Waals surface area contributed by atoms with E-state index in [9.17, 15) is 0 Å². The van der Waals surface area contributed by atoms with Crippen molar-refractivity contribution < 1.29 is 0 Å². The average Bonchev–Trinajstić information content (AvgIpc) is 2.98. The Morgan fingerprint density at radius 3 is 1.08 bits per heavy atom. The summed E-state index contributed by atoms with van der Waals surface area (Å²) in [5, 5.41) is 0. The molecule has 1 heterocycles. The first-order chi connectivity index (χ1) is 17.8. The van der Waals surface area contributed by atoms with E-state index >= 15 is 0 Å². The van der Waals surface area contributed by atoms with E-state index in [4.69, 9.17) is 0 Å². The van der Waals surface area contributed by atoms with Gasteiger partial charge >= 0.3 is 225 Å². The van der Waals surface area contributed by atoms with Crippen molar-refractivity contribution in [3.63, 3.8) is 0 Å². The predicted octanol–water partition coefficient (Wildman–Crippen LogP) is 7.60. The molecule has 0 aromatic heterocycles. The van der Waals surface area contributed by atoms with Crippen LogP contribution in [0.25, 0.3) is 29.5 Å². The zero-order chi connectivity index (χ0) is 24.2. The van der Waals surface area contributed by atoms with Gasteiger partial charge in [0.1, 0.15) is 0 Å². The van der Waals surface area contributed by atoms with Crippen LogP contribution in [0.2, 0.25) is 0 Å². The Balaban J connectivity index is 1.33. The summed E-state index contributed by atoms with van der Waals surface area (Å²) in [6.45, 7) is 0.289. The minimum absolute atomic E-state index is 0.289. The third-order valence-corrected chi connectivity index (χ3v) is 10.00. The molecular weight excluding hydrogens is 547 g/mol. The maximum absolute atomic E-state index is 2.50. The Morgan fingerprint density at radius 1 is 0.333 bits per heavy atom. The molecule has 1 aliphatic heterocycles. The van der Waals surface area contributed by atoms with Crippen LogP contribution in [-0.2, 0) is 0 Å². The number of benzene rings is 5. The van der Waals surface area contributed by atoms with Crippen LogP contribution < -0.4 is 5.46 Å². The van der Waals surface area contributed by atoms with Gasteiger partial charge in [-0.05, 0) is 0 Å². The zero-order valence-corrected chi connectivity index (χ0v) is 22.2. The van der Waals surface area contributed by atoms with Gasteiger partial charge in [-0.25, -0.2) is 0 Å². The second kappa shape index (κ2) is 10.6. The van der Waals surface area contributed by atoms with Crippen molar-refractivity contribution in [1.82, 2.24) is 0 Å². The molecule has 36 heavy (non-hydrogen) atoms. The first-order valence-corrected chi connectivity index (χ1v) is 14.6. The van der Waals surface area contributed by atoms with Gasteiger partial charge in [-0.3, -0.25) is 0 Å².